The highest BCUT2D eigenvalue weighted by atomic mass is 16.3. The Morgan fingerprint density at radius 2 is 1.82 bits per heavy atom. The van der Waals surface area contributed by atoms with E-state index in [1.807, 2.05) is 6.92 Å². The summed E-state index contributed by atoms with van der Waals surface area (Å²) in [6.07, 6.45) is 4.91. The van der Waals surface area contributed by atoms with Crippen LogP contribution in [-0.4, -0.2) is 17.2 Å². The van der Waals surface area contributed by atoms with Crippen molar-refractivity contribution in [2.75, 3.05) is 0 Å². The molecule has 2 rings (SSSR count). The van der Waals surface area contributed by atoms with E-state index in [0.717, 1.165) is 5.92 Å². The molecule has 2 nitrogen and oxygen atoms in total. The van der Waals surface area contributed by atoms with Crippen LogP contribution in [-0.2, 0) is 0 Å². The van der Waals surface area contributed by atoms with Crippen molar-refractivity contribution in [2.24, 2.45) is 0 Å². The molecular formula is C15H22NO. The lowest BCUT2D eigenvalue weighted by atomic mass is 9.81. The predicted octanol–water partition coefficient (Wildman–Crippen LogP) is 3.23. The minimum absolute atomic E-state index is 0.105. The van der Waals surface area contributed by atoms with Crippen LogP contribution < -0.4 is 5.32 Å². The van der Waals surface area contributed by atoms with Crippen LogP contribution >= 0.6 is 0 Å². The van der Waals surface area contributed by atoms with E-state index in [2.05, 4.69) is 35.6 Å². The van der Waals surface area contributed by atoms with Gasteiger partial charge in [-0.2, -0.15) is 0 Å². The van der Waals surface area contributed by atoms with Crippen LogP contribution in [0.5, 0.6) is 0 Å². The van der Waals surface area contributed by atoms with Crippen LogP contribution in [0.15, 0.2) is 30.3 Å². The third kappa shape index (κ3) is 3.55. The van der Waals surface area contributed by atoms with E-state index in [-0.39, 0.29) is 6.04 Å². The first-order chi connectivity index (χ1) is 8.29. The summed E-state index contributed by atoms with van der Waals surface area (Å²) in [5.41, 5.74) is 1.48. The zero-order chi connectivity index (χ0) is 12.1. The third-order valence-electron chi connectivity index (χ3n) is 3.72. The normalized spacial score (nSPS) is 26.7. The molecule has 1 unspecified atom stereocenters. The SMILES string of the molecule is CC([CH]O)NC1CCC(c2ccccc2)CC1. The van der Waals surface area contributed by atoms with E-state index in [1.54, 1.807) is 0 Å². The summed E-state index contributed by atoms with van der Waals surface area (Å²) in [6.45, 7) is 3.23. The van der Waals surface area contributed by atoms with Gasteiger partial charge in [-0.15, -0.1) is 0 Å². The number of hydrogen-bond acceptors (Lipinski definition) is 2. The molecular weight excluding hydrogens is 210 g/mol. The molecule has 1 fully saturated rings. The summed E-state index contributed by atoms with van der Waals surface area (Å²) in [5.74, 6) is 0.725. The Bertz CT molecular complexity index is 317. The van der Waals surface area contributed by atoms with Crippen LogP contribution in [0.1, 0.15) is 44.1 Å². The van der Waals surface area contributed by atoms with E-state index in [9.17, 15) is 0 Å². The van der Waals surface area contributed by atoms with E-state index in [1.165, 1.54) is 37.9 Å². The second-order valence-electron chi connectivity index (χ2n) is 5.06. The fourth-order valence-electron chi connectivity index (χ4n) is 2.73. The van der Waals surface area contributed by atoms with Crippen LogP contribution in [0.3, 0.4) is 0 Å². The molecule has 1 aliphatic carbocycles. The van der Waals surface area contributed by atoms with Crippen molar-refractivity contribution in [1.82, 2.24) is 5.32 Å². The molecule has 17 heavy (non-hydrogen) atoms. The van der Waals surface area contributed by atoms with Gasteiger partial charge in [0.05, 0.1) is 6.61 Å². The fourth-order valence-corrected chi connectivity index (χ4v) is 2.73. The van der Waals surface area contributed by atoms with Crippen molar-refractivity contribution in [1.29, 1.82) is 0 Å². The van der Waals surface area contributed by atoms with Crippen molar-refractivity contribution in [3.8, 4) is 0 Å². The quantitative estimate of drug-likeness (QED) is 0.835. The molecule has 2 heteroatoms. The van der Waals surface area contributed by atoms with Gasteiger partial charge in [0.2, 0.25) is 0 Å². The van der Waals surface area contributed by atoms with Gasteiger partial charge in [0.1, 0.15) is 0 Å². The summed E-state index contributed by atoms with van der Waals surface area (Å²) in [5, 5.41) is 12.3. The van der Waals surface area contributed by atoms with Crippen molar-refractivity contribution in [3.05, 3.63) is 42.5 Å². The van der Waals surface area contributed by atoms with E-state index in [4.69, 9.17) is 5.11 Å². The Hall–Kier alpha value is -0.860. The fraction of sp³-hybridized carbons (Fsp3) is 0.533. The molecule has 0 amide bonds. The number of aliphatic hydroxyl groups excluding tert-OH is 1. The van der Waals surface area contributed by atoms with Gasteiger partial charge in [0, 0.05) is 12.1 Å². The second kappa shape index (κ2) is 6.18. The van der Waals surface area contributed by atoms with Gasteiger partial charge in [0.25, 0.3) is 0 Å². The predicted molar refractivity (Wildman–Crippen MR) is 70.3 cm³/mol. The summed E-state index contributed by atoms with van der Waals surface area (Å²) < 4.78 is 0. The number of hydrogen-bond donors (Lipinski definition) is 2. The van der Waals surface area contributed by atoms with Gasteiger partial charge < -0.3 is 10.4 Å². The lowest BCUT2D eigenvalue weighted by molar-refractivity contribution is 0.281. The lowest BCUT2D eigenvalue weighted by Gasteiger charge is -2.31. The van der Waals surface area contributed by atoms with E-state index in [0.29, 0.717) is 6.04 Å². The Labute approximate surface area is 104 Å². The monoisotopic (exact) mass is 232 g/mol. The highest BCUT2D eigenvalue weighted by Crippen LogP contribution is 2.32. The highest BCUT2D eigenvalue weighted by Gasteiger charge is 2.22. The van der Waals surface area contributed by atoms with E-state index < -0.39 is 0 Å². The maximum atomic E-state index is 8.91. The average Bonchev–Trinajstić information content (AvgIpc) is 2.40. The second-order valence-corrected chi connectivity index (χ2v) is 5.06. The number of nitrogens with one attached hydrogen (secondary N) is 1. The summed E-state index contributed by atoms with van der Waals surface area (Å²) in [7, 11) is 0. The standard InChI is InChI=1S/C15H22NO/c1-12(11-17)16-15-9-7-14(8-10-15)13-5-3-2-4-6-13/h2-6,11-12,14-17H,7-10H2,1H3. The van der Waals surface area contributed by atoms with Crippen molar-refractivity contribution < 1.29 is 5.11 Å². The average molecular weight is 232 g/mol. The molecule has 0 saturated heterocycles. The smallest absolute Gasteiger partial charge is 0.0964 e. The van der Waals surface area contributed by atoms with Crippen LogP contribution in [0, 0.1) is 6.61 Å². The zero-order valence-corrected chi connectivity index (χ0v) is 10.5. The zero-order valence-electron chi connectivity index (χ0n) is 10.5. The summed E-state index contributed by atoms with van der Waals surface area (Å²) >= 11 is 0. The van der Waals surface area contributed by atoms with Gasteiger partial charge >= 0.3 is 0 Å². The van der Waals surface area contributed by atoms with Gasteiger partial charge in [-0.3, -0.25) is 0 Å². The first-order valence-electron chi connectivity index (χ1n) is 6.58. The maximum Gasteiger partial charge on any atom is 0.0964 e. The first kappa shape index (κ1) is 12.6. The third-order valence-corrected chi connectivity index (χ3v) is 3.72. The Morgan fingerprint density at radius 1 is 1.18 bits per heavy atom. The van der Waals surface area contributed by atoms with Crippen molar-refractivity contribution >= 4 is 0 Å². The molecule has 93 valence electrons. The molecule has 0 heterocycles. The molecule has 0 spiro atoms. The number of benzene rings is 1. The Balaban J connectivity index is 1.82. The number of aliphatic hydroxyl groups is 1. The molecule has 1 radical (unpaired) electrons. The Kier molecular flexibility index (Phi) is 4.57. The first-order valence-corrected chi connectivity index (χ1v) is 6.58. The maximum absolute atomic E-state index is 8.91. The van der Waals surface area contributed by atoms with Gasteiger partial charge in [0.15, 0.2) is 0 Å². The van der Waals surface area contributed by atoms with Crippen LogP contribution in [0.2, 0.25) is 0 Å². The van der Waals surface area contributed by atoms with Gasteiger partial charge in [-0.05, 0) is 44.1 Å². The Morgan fingerprint density at radius 3 is 2.41 bits per heavy atom. The van der Waals surface area contributed by atoms with Gasteiger partial charge in [-0.1, -0.05) is 30.3 Å². The molecule has 1 saturated carbocycles. The van der Waals surface area contributed by atoms with Gasteiger partial charge in [-0.25, -0.2) is 0 Å². The molecule has 1 aromatic carbocycles. The van der Waals surface area contributed by atoms with Crippen molar-refractivity contribution in [2.45, 2.75) is 50.6 Å². The molecule has 0 aliphatic heterocycles. The van der Waals surface area contributed by atoms with Crippen molar-refractivity contribution in [3.63, 3.8) is 0 Å². The molecule has 2 N–H and O–H groups in total. The summed E-state index contributed by atoms with van der Waals surface area (Å²) in [6, 6.07) is 11.5. The minimum Gasteiger partial charge on any atom is -0.389 e. The number of rotatable bonds is 4. The molecule has 1 atom stereocenters. The molecule has 1 aliphatic rings. The highest BCUT2D eigenvalue weighted by molar-refractivity contribution is 5.20. The van der Waals surface area contributed by atoms with Crippen LogP contribution in [0.25, 0.3) is 0 Å². The molecule has 1 aromatic rings. The topological polar surface area (TPSA) is 32.3 Å². The summed E-state index contributed by atoms with van der Waals surface area (Å²) in [4.78, 5) is 0. The molecule has 0 aromatic heterocycles. The largest absolute Gasteiger partial charge is 0.389 e. The van der Waals surface area contributed by atoms with E-state index >= 15 is 0 Å². The van der Waals surface area contributed by atoms with Crippen LogP contribution in [0.4, 0.5) is 0 Å². The lowest BCUT2D eigenvalue weighted by Crippen LogP contribution is -2.39. The molecule has 0 bridgehead atoms. The minimum atomic E-state index is 0.105.